The molecule has 0 heterocycles. The predicted molar refractivity (Wildman–Crippen MR) is 85.6 cm³/mol. The molecule has 1 fully saturated rings. The van der Waals surface area contributed by atoms with Crippen molar-refractivity contribution in [1.29, 1.82) is 0 Å². The van der Waals surface area contributed by atoms with Crippen LogP contribution in [-0.2, 0) is 16.1 Å². The molecule has 0 atom stereocenters. The molecular weight excluding hydrogens is 296 g/mol. The molecule has 2 rings (SSSR count). The summed E-state index contributed by atoms with van der Waals surface area (Å²) in [5, 5.41) is 14.8. The van der Waals surface area contributed by atoms with Gasteiger partial charge in [-0.15, -0.1) is 0 Å². The van der Waals surface area contributed by atoms with Gasteiger partial charge in [-0.05, 0) is 31.2 Å². The van der Waals surface area contributed by atoms with Crippen molar-refractivity contribution >= 4 is 12.0 Å². The second-order valence-electron chi connectivity index (χ2n) is 5.78. The van der Waals surface area contributed by atoms with Gasteiger partial charge in [0.15, 0.2) is 0 Å². The lowest BCUT2D eigenvalue weighted by molar-refractivity contribution is -0.126. The van der Waals surface area contributed by atoms with Gasteiger partial charge in [0.2, 0.25) is 5.91 Å². The Balaban J connectivity index is 1.54. The first-order valence-corrected chi connectivity index (χ1v) is 8.05. The summed E-state index contributed by atoms with van der Waals surface area (Å²) in [6.45, 7) is 0.927. The van der Waals surface area contributed by atoms with E-state index in [2.05, 4.69) is 10.6 Å². The Morgan fingerprint density at radius 3 is 2.39 bits per heavy atom. The number of aliphatic hydroxyl groups is 1. The maximum Gasteiger partial charge on any atom is 0.407 e. The number of carbonyl (C=O) groups excluding carboxylic acids is 2. The Morgan fingerprint density at radius 2 is 1.70 bits per heavy atom. The zero-order valence-corrected chi connectivity index (χ0v) is 13.2. The van der Waals surface area contributed by atoms with Crippen molar-refractivity contribution in [2.75, 3.05) is 13.1 Å². The smallest absolute Gasteiger partial charge is 0.407 e. The minimum Gasteiger partial charge on any atom is -0.445 e. The second-order valence-corrected chi connectivity index (χ2v) is 5.78. The van der Waals surface area contributed by atoms with Gasteiger partial charge in [0.1, 0.15) is 6.61 Å². The molecule has 0 radical (unpaired) electrons. The van der Waals surface area contributed by atoms with Gasteiger partial charge in [-0.3, -0.25) is 4.79 Å². The third-order valence-corrected chi connectivity index (χ3v) is 3.97. The standard InChI is InChI=1S/C17H24N2O4/c20-15-8-6-14(7-9-15)16(21)18-10-11-19-17(22)23-12-13-4-2-1-3-5-13/h1-5,14-15,20H,6-12H2,(H,18,21)(H,19,22). The highest BCUT2D eigenvalue weighted by molar-refractivity contribution is 5.78. The zero-order valence-electron chi connectivity index (χ0n) is 13.2. The molecule has 0 spiro atoms. The molecule has 3 N–H and O–H groups in total. The Bertz CT molecular complexity index is 499. The number of ether oxygens (including phenoxy) is 1. The molecule has 126 valence electrons. The summed E-state index contributed by atoms with van der Waals surface area (Å²) in [5.41, 5.74) is 0.926. The van der Waals surface area contributed by atoms with Crippen molar-refractivity contribution in [2.45, 2.75) is 38.4 Å². The normalized spacial score (nSPS) is 20.6. The SMILES string of the molecule is O=C(NCCNC(=O)C1CCC(O)CC1)OCc1ccccc1. The summed E-state index contributed by atoms with van der Waals surface area (Å²) < 4.78 is 5.07. The highest BCUT2D eigenvalue weighted by Gasteiger charge is 2.24. The minimum absolute atomic E-state index is 0.00338. The molecule has 1 aliphatic carbocycles. The number of hydrogen-bond acceptors (Lipinski definition) is 4. The summed E-state index contributed by atoms with van der Waals surface area (Å²) in [6, 6.07) is 9.44. The molecule has 23 heavy (non-hydrogen) atoms. The summed E-state index contributed by atoms with van der Waals surface area (Å²) in [7, 11) is 0. The monoisotopic (exact) mass is 320 g/mol. The van der Waals surface area contributed by atoms with Crippen LogP contribution in [0.15, 0.2) is 30.3 Å². The molecule has 0 bridgehead atoms. The van der Waals surface area contributed by atoms with Crippen molar-refractivity contribution in [3.05, 3.63) is 35.9 Å². The van der Waals surface area contributed by atoms with Gasteiger partial charge in [-0.25, -0.2) is 4.79 Å². The van der Waals surface area contributed by atoms with Crippen LogP contribution in [-0.4, -0.2) is 36.3 Å². The number of nitrogens with one attached hydrogen (secondary N) is 2. The fourth-order valence-corrected chi connectivity index (χ4v) is 2.61. The first-order valence-electron chi connectivity index (χ1n) is 8.05. The summed E-state index contributed by atoms with van der Waals surface area (Å²) in [5.74, 6) is -0.0280. The van der Waals surface area contributed by atoms with E-state index in [4.69, 9.17) is 4.74 Å². The van der Waals surface area contributed by atoms with Crippen LogP contribution in [0.3, 0.4) is 0 Å². The number of amides is 2. The van der Waals surface area contributed by atoms with Crippen molar-refractivity contribution in [3.63, 3.8) is 0 Å². The minimum atomic E-state index is -0.496. The molecular formula is C17H24N2O4. The lowest BCUT2D eigenvalue weighted by Gasteiger charge is -2.24. The van der Waals surface area contributed by atoms with Crippen LogP contribution in [0.25, 0.3) is 0 Å². The van der Waals surface area contributed by atoms with E-state index in [-0.39, 0.29) is 24.5 Å². The van der Waals surface area contributed by atoms with E-state index < -0.39 is 6.09 Å². The van der Waals surface area contributed by atoms with E-state index in [1.807, 2.05) is 30.3 Å². The molecule has 1 aromatic rings. The topological polar surface area (TPSA) is 87.7 Å². The van der Waals surface area contributed by atoms with E-state index in [1.165, 1.54) is 0 Å². The molecule has 2 amide bonds. The molecule has 0 unspecified atom stereocenters. The Labute approximate surface area is 136 Å². The van der Waals surface area contributed by atoms with Crippen LogP contribution in [0.4, 0.5) is 4.79 Å². The number of benzene rings is 1. The Morgan fingerprint density at radius 1 is 1.04 bits per heavy atom. The predicted octanol–water partition coefficient (Wildman–Crippen LogP) is 1.58. The summed E-state index contributed by atoms with van der Waals surface area (Å²) >= 11 is 0. The van der Waals surface area contributed by atoms with Gasteiger partial charge < -0.3 is 20.5 Å². The molecule has 0 aliphatic heterocycles. The van der Waals surface area contributed by atoms with Gasteiger partial charge in [0.25, 0.3) is 0 Å². The van der Waals surface area contributed by atoms with Crippen molar-refractivity contribution < 1.29 is 19.4 Å². The molecule has 6 heteroatoms. The van der Waals surface area contributed by atoms with Crippen LogP contribution in [0.5, 0.6) is 0 Å². The number of alkyl carbamates (subject to hydrolysis) is 1. The molecule has 0 aromatic heterocycles. The van der Waals surface area contributed by atoms with Gasteiger partial charge in [0, 0.05) is 19.0 Å². The highest BCUT2D eigenvalue weighted by Crippen LogP contribution is 2.23. The average molecular weight is 320 g/mol. The highest BCUT2D eigenvalue weighted by atomic mass is 16.5. The second kappa shape index (κ2) is 9.15. The molecule has 1 aromatic carbocycles. The quantitative estimate of drug-likeness (QED) is 0.695. The third kappa shape index (κ3) is 6.28. The number of carbonyl (C=O) groups is 2. The third-order valence-electron chi connectivity index (χ3n) is 3.97. The van der Waals surface area contributed by atoms with Crippen LogP contribution in [0, 0.1) is 5.92 Å². The van der Waals surface area contributed by atoms with Crippen LogP contribution < -0.4 is 10.6 Å². The molecule has 6 nitrogen and oxygen atoms in total. The number of hydrogen-bond donors (Lipinski definition) is 3. The maximum atomic E-state index is 11.9. The largest absolute Gasteiger partial charge is 0.445 e. The van der Waals surface area contributed by atoms with Crippen LogP contribution in [0.1, 0.15) is 31.2 Å². The van der Waals surface area contributed by atoms with E-state index in [0.29, 0.717) is 25.9 Å². The maximum absolute atomic E-state index is 11.9. The van der Waals surface area contributed by atoms with E-state index in [9.17, 15) is 14.7 Å². The Kier molecular flexibility index (Phi) is 6.87. The van der Waals surface area contributed by atoms with Crippen LogP contribution in [0.2, 0.25) is 0 Å². The lowest BCUT2D eigenvalue weighted by Crippen LogP contribution is -2.39. The van der Waals surface area contributed by atoms with Gasteiger partial charge >= 0.3 is 6.09 Å². The first kappa shape index (κ1) is 17.3. The van der Waals surface area contributed by atoms with Crippen molar-refractivity contribution in [2.24, 2.45) is 5.92 Å². The van der Waals surface area contributed by atoms with Crippen molar-refractivity contribution in [3.8, 4) is 0 Å². The average Bonchev–Trinajstić information content (AvgIpc) is 2.58. The van der Waals surface area contributed by atoms with Gasteiger partial charge in [-0.1, -0.05) is 30.3 Å². The van der Waals surface area contributed by atoms with Gasteiger partial charge in [-0.2, -0.15) is 0 Å². The van der Waals surface area contributed by atoms with Crippen LogP contribution >= 0.6 is 0 Å². The number of rotatable bonds is 6. The Hall–Kier alpha value is -2.08. The molecule has 1 aliphatic rings. The fraction of sp³-hybridized carbons (Fsp3) is 0.529. The van der Waals surface area contributed by atoms with Gasteiger partial charge in [0.05, 0.1) is 6.10 Å². The van der Waals surface area contributed by atoms with Crippen molar-refractivity contribution in [1.82, 2.24) is 10.6 Å². The summed E-state index contributed by atoms with van der Waals surface area (Å²) in [6.07, 6.45) is 2.05. The van der Waals surface area contributed by atoms with E-state index in [1.54, 1.807) is 0 Å². The summed E-state index contributed by atoms with van der Waals surface area (Å²) in [4.78, 5) is 23.4. The fourth-order valence-electron chi connectivity index (χ4n) is 2.61. The zero-order chi connectivity index (χ0) is 16.5. The number of aliphatic hydroxyl groups excluding tert-OH is 1. The van der Waals surface area contributed by atoms with E-state index in [0.717, 1.165) is 18.4 Å². The molecule has 0 saturated heterocycles. The first-order chi connectivity index (χ1) is 11.1. The van der Waals surface area contributed by atoms with E-state index >= 15 is 0 Å². The molecule has 1 saturated carbocycles. The lowest BCUT2D eigenvalue weighted by atomic mass is 9.87.